The fourth-order valence-electron chi connectivity index (χ4n) is 1.81. The molecule has 1 saturated carbocycles. The maximum Gasteiger partial charge on any atom is 0.219 e. The maximum absolute atomic E-state index is 12.3. The van der Waals surface area contributed by atoms with Gasteiger partial charge in [0.15, 0.2) is 0 Å². The van der Waals surface area contributed by atoms with E-state index in [2.05, 4.69) is 9.34 Å². The molecular weight excluding hydrogens is 159 g/mol. The molecule has 3 nitrogen and oxygen atoms in total. The van der Waals surface area contributed by atoms with Gasteiger partial charge in [0.25, 0.3) is 0 Å². The molecule has 0 bridgehead atoms. The van der Waals surface area contributed by atoms with Gasteiger partial charge in [-0.25, -0.2) is 9.34 Å². The predicted molar refractivity (Wildman–Crippen MR) is 45.9 cm³/mol. The van der Waals surface area contributed by atoms with Crippen molar-refractivity contribution in [3.05, 3.63) is 0 Å². The number of hydrogen-bond donors (Lipinski definition) is 0. The second-order valence-corrected chi connectivity index (χ2v) is 6.86. The lowest BCUT2D eigenvalue weighted by atomic mass is 10.6. The van der Waals surface area contributed by atoms with Crippen LogP contribution in [0.3, 0.4) is 0 Å². The number of rotatable bonds is 1. The van der Waals surface area contributed by atoms with Crippen LogP contribution in [-0.4, -0.2) is 42.2 Å². The minimum Gasteiger partial charge on any atom is -0.289 e. The van der Waals surface area contributed by atoms with Gasteiger partial charge in [0.2, 0.25) is 7.44 Å². The lowest BCUT2D eigenvalue weighted by molar-refractivity contribution is 0.487. The van der Waals surface area contributed by atoms with Crippen molar-refractivity contribution in [3.63, 3.8) is 0 Å². The van der Waals surface area contributed by atoms with Crippen LogP contribution < -0.4 is 0 Å². The van der Waals surface area contributed by atoms with Crippen molar-refractivity contribution < 1.29 is 4.57 Å². The predicted octanol–water partition coefficient (Wildman–Crippen LogP) is 1.22. The Bertz CT molecular complexity index is 200. The molecule has 2 fully saturated rings. The molecular formula is C7H15N2OP. The highest BCUT2D eigenvalue weighted by atomic mass is 31.2. The van der Waals surface area contributed by atoms with E-state index in [0.717, 1.165) is 13.1 Å². The van der Waals surface area contributed by atoms with E-state index >= 15 is 0 Å². The smallest absolute Gasteiger partial charge is 0.219 e. The first-order valence-electron chi connectivity index (χ1n) is 4.18. The van der Waals surface area contributed by atoms with Crippen LogP contribution in [-0.2, 0) is 4.57 Å². The molecule has 1 aliphatic carbocycles. The van der Waals surface area contributed by atoms with Gasteiger partial charge < -0.3 is 0 Å². The summed E-state index contributed by atoms with van der Waals surface area (Å²) in [5.74, 6) is 0. The monoisotopic (exact) mass is 174 g/mol. The third-order valence-corrected chi connectivity index (χ3v) is 6.57. The third kappa shape index (κ3) is 0.986. The molecule has 0 spiro atoms. The largest absolute Gasteiger partial charge is 0.289 e. The van der Waals surface area contributed by atoms with Crippen molar-refractivity contribution in [2.45, 2.75) is 18.5 Å². The third-order valence-electron chi connectivity index (χ3n) is 2.75. The number of likely N-dealkylation sites (N-methyl/N-ethyl adjacent to an activating group) is 2. The fraction of sp³-hybridized carbons (Fsp3) is 1.00. The summed E-state index contributed by atoms with van der Waals surface area (Å²) in [6, 6.07) is 0. The molecule has 4 heteroatoms. The Labute approximate surface area is 67.8 Å². The molecule has 2 rings (SSSR count). The molecule has 0 amide bonds. The topological polar surface area (TPSA) is 23.6 Å². The van der Waals surface area contributed by atoms with E-state index in [1.807, 2.05) is 14.1 Å². The molecule has 0 aromatic carbocycles. The van der Waals surface area contributed by atoms with Gasteiger partial charge in [-0.1, -0.05) is 0 Å². The quantitative estimate of drug-likeness (QED) is 0.558. The van der Waals surface area contributed by atoms with Crippen LogP contribution in [0.15, 0.2) is 0 Å². The van der Waals surface area contributed by atoms with Crippen molar-refractivity contribution in [1.29, 1.82) is 0 Å². The van der Waals surface area contributed by atoms with Crippen LogP contribution in [0.1, 0.15) is 12.8 Å². The molecule has 64 valence electrons. The van der Waals surface area contributed by atoms with E-state index in [4.69, 9.17) is 0 Å². The van der Waals surface area contributed by atoms with Crippen LogP contribution in [0.25, 0.3) is 0 Å². The molecule has 2 aliphatic rings. The van der Waals surface area contributed by atoms with Gasteiger partial charge in [-0.15, -0.1) is 0 Å². The van der Waals surface area contributed by atoms with Crippen molar-refractivity contribution >= 4 is 7.44 Å². The SMILES string of the molecule is CN1CCN(C)P1(=O)C1CC1. The fourth-order valence-corrected chi connectivity index (χ4v) is 5.02. The minimum atomic E-state index is -2.05. The normalized spacial score (nSPS) is 32.9. The molecule has 1 saturated heterocycles. The van der Waals surface area contributed by atoms with Crippen LogP contribution in [0, 0.1) is 0 Å². The number of hydrogen-bond acceptors (Lipinski definition) is 1. The second kappa shape index (κ2) is 2.32. The zero-order valence-corrected chi connectivity index (χ0v) is 8.05. The lowest BCUT2D eigenvalue weighted by Gasteiger charge is -2.24. The van der Waals surface area contributed by atoms with Gasteiger partial charge in [-0.3, -0.25) is 4.57 Å². The highest BCUT2D eigenvalue weighted by Gasteiger charge is 2.49. The highest BCUT2D eigenvalue weighted by molar-refractivity contribution is 7.60. The molecule has 1 heterocycles. The average Bonchev–Trinajstić information content (AvgIpc) is 2.76. The Morgan fingerprint density at radius 2 is 1.64 bits per heavy atom. The molecule has 0 aromatic heterocycles. The summed E-state index contributed by atoms with van der Waals surface area (Å²) >= 11 is 0. The summed E-state index contributed by atoms with van der Waals surface area (Å²) < 4.78 is 16.4. The zero-order chi connectivity index (χ0) is 8.06. The van der Waals surface area contributed by atoms with Crippen molar-refractivity contribution in [2.24, 2.45) is 0 Å². The Morgan fingerprint density at radius 1 is 1.18 bits per heavy atom. The van der Waals surface area contributed by atoms with Gasteiger partial charge in [0, 0.05) is 18.7 Å². The maximum atomic E-state index is 12.3. The van der Waals surface area contributed by atoms with E-state index < -0.39 is 7.44 Å². The molecule has 0 unspecified atom stereocenters. The molecule has 0 atom stereocenters. The van der Waals surface area contributed by atoms with E-state index in [0.29, 0.717) is 5.66 Å². The summed E-state index contributed by atoms with van der Waals surface area (Å²) in [6.07, 6.45) is 2.35. The summed E-state index contributed by atoms with van der Waals surface area (Å²) in [5.41, 5.74) is 0.500. The van der Waals surface area contributed by atoms with Gasteiger partial charge in [-0.2, -0.15) is 0 Å². The Morgan fingerprint density at radius 3 is 2.00 bits per heavy atom. The first-order valence-corrected chi connectivity index (χ1v) is 5.87. The van der Waals surface area contributed by atoms with Gasteiger partial charge in [0.1, 0.15) is 0 Å². The molecule has 0 aromatic rings. The standard InChI is InChI=1S/C7H15N2OP/c1-8-5-6-9(2)11(8,10)7-3-4-7/h7H,3-6H2,1-2H3. The van der Waals surface area contributed by atoms with E-state index in [-0.39, 0.29) is 0 Å². The Kier molecular flexibility index (Phi) is 1.64. The molecule has 1 aliphatic heterocycles. The van der Waals surface area contributed by atoms with Gasteiger partial charge in [0.05, 0.1) is 0 Å². The molecule has 11 heavy (non-hydrogen) atoms. The van der Waals surface area contributed by atoms with Gasteiger partial charge >= 0.3 is 0 Å². The van der Waals surface area contributed by atoms with Crippen LogP contribution >= 0.6 is 7.44 Å². The first kappa shape index (κ1) is 7.78. The lowest BCUT2D eigenvalue weighted by Crippen LogP contribution is -2.15. The highest BCUT2D eigenvalue weighted by Crippen LogP contribution is 2.66. The van der Waals surface area contributed by atoms with Crippen LogP contribution in [0.2, 0.25) is 0 Å². The van der Waals surface area contributed by atoms with Crippen molar-refractivity contribution in [1.82, 2.24) is 9.34 Å². The van der Waals surface area contributed by atoms with Crippen LogP contribution in [0.4, 0.5) is 0 Å². The van der Waals surface area contributed by atoms with E-state index in [1.54, 1.807) is 0 Å². The Hall–Kier alpha value is 0.150. The number of nitrogens with zero attached hydrogens (tertiary/aromatic N) is 2. The second-order valence-electron chi connectivity index (χ2n) is 3.58. The van der Waals surface area contributed by atoms with E-state index in [1.165, 1.54) is 12.8 Å². The summed E-state index contributed by atoms with van der Waals surface area (Å²) in [7, 11) is 1.93. The summed E-state index contributed by atoms with van der Waals surface area (Å²) in [5, 5.41) is 0. The Balaban J connectivity index is 2.25. The summed E-state index contributed by atoms with van der Waals surface area (Å²) in [4.78, 5) is 0. The average molecular weight is 174 g/mol. The van der Waals surface area contributed by atoms with Gasteiger partial charge in [-0.05, 0) is 26.9 Å². The molecule has 0 radical (unpaired) electrons. The van der Waals surface area contributed by atoms with Crippen molar-refractivity contribution in [3.8, 4) is 0 Å². The summed E-state index contributed by atoms with van der Waals surface area (Å²) in [6.45, 7) is 1.95. The zero-order valence-electron chi connectivity index (χ0n) is 7.16. The minimum absolute atomic E-state index is 0.500. The van der Waals surface area contributed by atoms with Crippen molar-refractivity contribution in [2.75, 3.05) is 27.2 Å². The molecule has 0 N–H and O–H groups in total. The van der Waals surface area contributed by atoms with Crippen LogP contribution in [0.5, 0.6) is 0 Å². The first-order chi connectivity index (χ1) is 5.15. The van der Waals surface area contributed by atoms with E-state index in [9.17, 15) is 4.57 Å².